The zero-order valence-corrected chi connectivity index (χ0v) is 50.8. The number of likely N-dealkylation sites (tertiary alicyclic amines) is 2. The molecule has 0 unspecified atom stereocenters. The molecule has 0 spiro atoms. The number of methoxy groups -OCH3 is 2. The first-order chi connectivity index (χ1) is 40.2. The third-order valence-electron chi connectivity index (χ3n) is 16.6. The second-order valence-electron chi connectivity index (χ2n) is 22.6. The minimum absolute atomic E-state index is 0.0339. The average molecular weight is 1260 g/mol. The maximum Gasteiger partial charge on any atom is 0.408 e. The van der Waals surface area contributed by atoms with Crippen molar-refractivity contribution in [2.75, 3.05) is 27.3 Å². The van der Waals surface area contributed by atoms with Gasteiger partial charge in [-0.1, -0.05) is 65.9 Å². The van der Waals surface area contributed by atoms with Crippen LogP contribution in [0.2, 0.25) is 0 Å². The van der Waals surface area contributed by atoms with Gasteiger partial charge in [0.05, 0.1) is 31.3 Å². The zero-order valence-electron chi connectivity index (χ0n) is 48.4. The van der Waals surface area contributed by atoms with Gasteiger partial charge in [0.15, 0.2) is 0 Å². The summed E-state index contributed by atoms with van der Waals surface area (Å²) in [5, 5.41) is 21.3. The molecule has 7 rings (SSSR count). The van der Waals surface area contributed by atoms with Gasteiger partial charge in [0.25, 0.3) is 10.1 Å². The van der Waals surface area contributed by atoms with E-state index >= 15 is 0 Å². The van der Waals surface area contributed by atoms with Crippen molar-refractivity contribution in [2.45, 2.75) is 206 Å². The van der Waals surface area contributed by atoms with Crippen LogP contribution in [0.5, 0.6) is 0 Å². The Kier molecular flexibility index (Phi) is 25.0. The van der Waals surface area contributed by atoms with Gasteiger partial charge in [-0.05, 0) is 127 Å². The number of aliphatic hydroxyl groups excluding tert-OH is 1. The van der Waals surface area contributed by atoms with E-state index in [4.69, 9.17) is 23.1 Å². The van der Waals surface area contributed by atoms with Gasteiger partial charge in [-0.15, -0.1) is 26.3 Å². The minimum atomic E-state index is -4.26. The first-order valence-corrected chi connectivity index (χ1v) is 31.6. The van der Waals surface area contributed by atoms with Crippen molar-refractivity contribution in [1.29, 1.82) is 0 Å². The first-order valence-electron chi connectivity index (χ1n) is 29.4. The predicted molar refractivity (Wildman–Crippen MR) is 313 cm³/mol. The van der Waals surface area contributed by atoms with Gasteiger partial charge in [0.2, 0.25) is 23.6 Å². The van der Waals surface area contributed by atoms with Gasteiger partial charge < -0.3 is 55.1 Å². The lowest BCUT2D eigenvalue weighted by atomic mass is 10.0. The molecule has 1 aromatic carbocycles. The molecule has 2 saturated heterocycles. The molecule has 24 heteroatoms. The molecular formula is C60H85BrN6O16S. The Morgan fingerprint density at radius 2 is 1.07 bits per heavy atom. The molecule has 2 heterocycles. The Bertz CT molecular complexity index is 2650. The Morgan fingerprint density at radius 1 is 0.643 bits per heavy atom. The van der Waals surface area contributed by atoms with Gasteiger partial charge in [-0.25, -0.2) is 19.2 Å². The van der Waals surface area contributed by atoms with Crippen LogP contribution in [-0.4, -0.2) is 158 Å². The summed E-state index contributed by atoms with van der Waals surface area (Å²) >= 11 is 3.28. The number of allylic oxidation sites excluding steroid dienone is 2. The number of aliphatic hydroxyl groups is 1. The van der Waals surface area contributed by atoms with Crippen molar-refractivity contribution in [2.24, 2.45) is 11.8 Å². The number of amides is 6. The highest BCUT2D eigenvalue weighted by atomic mass is 79.9. The number of carbonyl (C=O) groups excluding carboxylic acids is 8. The molecule has 464 valence electrons. The summed E-state index contributed by atoms with van der Waals surface area (Å²) in [6.45, 7) is 14.6. The van der Waals surface area contributed by atoms with E-state index in [0.29, 0.717) is 30.2 Å². The van der Waals surface area contributed by atoms with Gasteiger partial charge in [-0.3, -0.25) is 23.4 Å². The standard InChI is InChI=1S/C33H44BrN3O9S.C27H41N3O7/c1-4-6-7-8-9-14-27(35-32(41)45-24-12-10-11-13-24)30(39)37-21-25(46-47(42,43)26-17-15-23(34)16-18-26)19-28(37)29(38)36-33(31(40)44-3)20-22(33)5-2;1-4-6-7-8-9-14-21(28-26(35)37-20-12-10-11-13-20)24(33)30-17-19(31)15-22(30)23(32)29-27(25(34)36-3)16-18(27)5-2/h4-5,15-18,22,24-25,27-28H,1-2,6-14,19-21H2,3H3,(H,35,41)(H,36,38);4-5,18-22,31H,1-2,6-17H2,3H3,(H,28,35)(H,29,32)/t22-,25+,27+,28+,33-;18-,19+,21+,22+,27-/m11/s1. The van der Waals surface area contributed by atoms with E-state index < -0.39 is 105 Å². The fourth-order valence-corrected chi connectivity index (χ4v) is 13.0. The zero-order chi connectivity index (χ0) is 61.2. The number of nitrogens with one attached hydrogen (secondary N) is 4. The molecule has 4 aliphatic carbocycles. The van der Waals surface area contributed by atoms with Crippen molar-refractivity contribution in [3.8, 4) is 0 Å². The molecule has 10 atom stereocenters. The minimum Gasteiger partial charge on any atom is -0.467 e. The van der Waals surface area contributed by atoms with Crippen molar-refractivity contribution in [1.82, 2.24) is 31.1 Å². The highest BCUT2D eigenvalue weighted by Crippen LogP contribution is 2.47. The van der Waals surface area contributed by atoms with Crippen LogP contribution in [-0.2, 0) is 62.0 Å². The first kappa shape index (κ1) is 67.0. The number of carbonyl (C=O) groups is 8. The molecule has 22 nitrogen and oxygen atoms in total. The van der Waals surface area contributed by atoms with E-state index in [1.165, 1.54) is 36.2 Å². The van der Waals surface area contributed by atoms with Crippen LogP contribution in [0, 0.1) is 11.8 Å². The maximum absolute atomic E-state index is 14.2. The molecular weight excluding hydrogens is 1170 g/mol. The van der Waals surface area contributed by atoms with Gasteiger partial charge in [0.1, 0.15) is 47.5 Å². The number of ether oxygens (including phenoxy) is 4. The lowest BCUT2D eigenvalue weighted by molar-refractivity contribution is -0.148. The van der Waals surface area contributed by atoms with Gasteiger partial charge >= 0.3 is 24.1 Å². The second kappa shape index (κ2) is 31.3. The summed E-state index contributed by atoms with van der Waals surface area (Å²) in [5.74, 6) is -4.10. The molecule has 0 bridgehead atoms. The Labute approximate surface area is 501 Å². The number of alkyl carbamates (subject to hydrolysis) is 2. The van der Waals surface area contributed by atoms with Gasteiger partial charge in [0, 0.05) is 42.2 Å². The average Bonchev–Trinajstić information content (AvgIpc) is 2.11. The SMILES string of the molecule is C=CCCCCC[C@H](NC(=O)OC1CCCC1)C(=O)N1C[C@@H](O)C[C@H]1C(=O)N[C@]1(C(=O)OC)C[C@H]1C=C.C=CCCCCC[C@H](NC(=O)OC1CCCC1)C(=O)N1C[C@@H](OS(=O)(=O)c2ccc(Br)cc2)C[C@H]1C(=O)N[C@]1(C(=O)OC)C[C@H]1C=C. The van der Waals surface area contributed by atoms with Gasteiger partial charge in [-0.2, -0.15) is 8.42 Å². The fraction of sp³-hybridized carbons (Fsp3) is 0.633. The lowest BCUT2D eigenvalue weighted by Gasteiger charge is -2.29. The summed E-state index contributed by atoms with van der Waals surface area (Å²) in [7, 11) is -1.80. The summed E-state index contributed by atoms with van der Waals surface area (Å²) in [5.41, 5.74) is -2.54. The van der Waals surface area contributed by atoms with Crippen LogP contribution in [0.15, 0.2) is 84.3 Å². The highest BCUT2D eigenvalue weighted by molar-refractivity contribution is 9.10. The van der Waals surface area contributed by atoms with E-state index in [1.54, 1.807) is 24.3 Å². The van der Waals surface area contributed by atoms with Crippen LogP contribution in [0.1, 0.15) is 141 Å². The molecule has 0 radical (unpaired) electrons. The van der Waals surface area contributed by atoms with Crippen molar-refractivity contribution < 1.29 is 75.0 Å². The van der Waals surface area contributed by atoms with Crippen LogP contribution in [0.25, 0.3) is 0 Å². The second-order valence-corrected chi connectivity index (χ2v) is 25.1. The number of unbranched alkanes of at least 4 members (excludes halogenated alkanes) is 6. The summed E-state index contributed by atoms with van der Waals surface area (Å²) in [6.07, 6.45) is 17.6. The number of esters is 2. The number of benzene rings is 1. The summed E-state index contributed by atoms with van der Waals surface area (Å²) < 4.78 is 53.5. The molecule has 84 heavy (non-hydrogen) atoms. The summed E-state index contributed by atoms with van der Waals surface area (Å²) in [6, 6.07) is 1.77. The lowest BCUT2D eigenvalue weighted by Crippen LogP contribution is -2.56. The largest absolute Gasteiger partial charge is 0.467 e. The number of hydrogen-bond donors (Lipinski definition) is 5. The van der Waals surface area contributed by atoms with E-state index in [-0.39, 0.29) is 67.7 Å². The Hall–Kier alpha value is -6.11. The number of β-amino-alcohol motifs (C(OH)–C–C–N with tert-alkyl or cyclic N) is 1. The number of halogens is 1. The molecule has 6 amide bonds. The number of rotatable bonds is 29. The fourth-order valence-electron chi connectivity index (χ4n) is 11.7. The molecule has 2 aliphatic heterocycles. The van der Waals surface area contributed by atoms with Crippen LogP contribution >= 0.6 is 15.9 Å². The molecule has 0 aromatic heterocycles. The molecule has 1 aromatic rings. The molecule has 6 fully saturated rings. The molecule has 5 N–H and O–H groups in total. The third kappa shape index (κ3) is 17.7. The Morgan fingerprint density at radius 3 is 1.48 bits per heavy atom. The summed E-state index contributed by atoms with van der Waals surface area (Å²) in [4.78, 5) is 108. The quantitative estimate of drug-likeness (QED) is 0.0179. The van der Waals surface area contributed by atoms with Crippen molar-refractivity contribution in [3.05, 3.63) is 79.4 Å². The van der Waals surface area contributed by atoms with Crippen LogP contribution in [0.4, 0.5) is 9.59 Å². The highest BCUT2D eigenvalue weighted by Gasteiger charge is 2.63. The Balaban J connectivity index is 0.000000277. The van der Waals surface area contributed by atoms with E-state index in [9.17, 15) is 51.9 Å². The number of hydrogen-bond acceptors (Lipinski definition) is 16. The smallest absolute Gasteiger partial charge is 0.408 e. The third-order valence-corrected chi connectivity index (χ3v) is 18.5. The van der Waals surface area contributed by atoms with Crippen molar-refractivity contribution in [3.63, 3.8) is 0 Å². The van der Waals surface area contributed by atoms with Crippen LogP contribution < -0.4 is 21.3 Å². The predicted octanol–water partition coefficient (Wildman–Crippen LogP) is 6.89. The van der Waals surface area contributed by atoms with Crippen molar-refractivity contribution >= 4 is 73.8 Å². The van der Waals surface area contributed by atoms with E-state index in [2.05, 4.69) is 63.5 Å². The monoisotopic (exact) mass is 1260 g/mol. The maximum atomic E-state index is 14.2. The van der Waals surface area contributed by atoms with Crippen LogP contribution in [0.3, 0.4) is 0 Å². The number of nitrogens with zero attached hydrogens (tertiary/aromatic N) is 2. The van der Waals surface area contributed by atoms with E-state index in [0.717, 1.165) is 89.9 Å². The topological polar surface area (TPSA) is 292 Å². The molecule has 4 saturated carbocycles. The van der Waals surface area contributed by atoms with E-state index in [1.807, 2.05) is 12.2 Å². The normalized spacial score (nSPS) is 26.0. The molecule has 6 aliphatic rings.